The van der Waals surface area contributed by atoms with Gasteiger partial charge in [-0.05, 0) is 54.1 Å². The Kier molecular flexibility index (Phi) is 6.97. The van der Waals surface area contributed by atoms with Crippen molar-refractivity contribution >= 4 is 33.2 Å². The van der Waals surface area contributed by atoms with Crippen LogP contribution in [0.1, 0.15) is 5.56 Å². The molecule has 0 saturated heterocycles. The predicted molar refractivity (Wildman–Crippen MR) is 117 cm³/mol. The lowest BCUT2D eigenvalue weighted by molar-refractivity contribution is -0.123. The zero-order valence-electron chi connectivity index (χ0n) is 16.3. The lowest BCUT2D eigenvalue weighted by atomic mass is 10.2. The van der Waals surface area contributed by atoms with Crippen LogP contribution in [0.5, 0.6) is 5.75 Å². The first-order valence-corrected chi connectivity index (χ1v) is 11.0. The highest BCUT2D eigenvalue weighted by Crippen LogP contribution is 2.24. The van der Waals surface area contributed by atoms with Crippen molar-refractivity contribution < 1.29 is 17.9 Å². The van der Waals surface area contributed by atoms with Gasteiger partial charge in [0.15, 0.2) is 6.61 Å². The molecule has 3 aromatic carbocycles. The third-order valence-corrected chi connectivity index (χ3v) is 6.43. The van der Waals surface area contributed by atoms with E-state index in [0.717, 1.165) is 5.56 Å². The molecule has 0 heterocycles. The number of amides is 1. The minimum atomic E-state index is -3.65. The fourth-order valence-electron chi connectivity index (χ4n) is 2.64. The number of rotatable bonds is 8. The zero-order valence-corrected chi connectivity index (χ0v) is 17.9. The Morgan fingerprint density at radius 2 is 1.60 bits per heavy atom. The summed E-state index contributed by atoms with van der Waals surface area (Å²) in [6.45, 7) is 0.228. The number of nitrogens with one attached hydrogen (secondary N) is 1. The van der Waals surface area contributed by atoms with Crippen LogP contribution >= 0.6 is 11.6 Å². The van der Waals surface area contributed by atoms with Crippen LogP contribution in [0.15, 0.2) is 83.8 Å². The average molecular weight is 445 g/mol. The molecule has 6 nitrogen and oxygen atoms in total. The Labute approximate surface area is 181 Å². The Hall–Kier alpha value is -3.03. The summed E-state index contributed by atoms with van der Waals surface area (Å²) in [5, 5.41) is 3.40. The number of halogens is 1. The van der Waals surface area contributed by atoms with E-state index in [1.54, 1.807) is 66.7 Å². The molecule has 0 aliphatic rings. The Morgan fingerprint density at radius 1 is 0.967 bits per heavy atom. The van der Waals surface area contributed by atoms with Crippen molar-refractivity contribution in [1.82, 2.24) is 5.32 Å². The van der Waals surface area contributed by atoms with E-state index in [2.05, 4.69) is 5.32 Å². The first kappa shape index (κ1) is 21.7. The number of ether oxygens (including phenoxy) is 1. The summed E-state index contributed by atoms with van der Waals surface area (Å²) in [7, 11) is -2.16. The minimum Gasteiger partial charge on any atom is -0.484 e. The summed E-state index contributed by atoms with van der Waals surface area (Å²) in [4.78, 5) is 12.2. The van der Waals surface area contributed by atoms with E-state index in [0.29, 0.717) is 23.0 Å². The molecule has 0 bridgehead atoms. The molecule has 3 rings (SSSR count). The number of hydrogen-bond acceptors (Lipinski definition) is 4. The Morgan fingerprint density at radius 3 is 2.23 bits per heavy atom. The number of benzene rings is 3. The molecule has 0 fully saturated rings. The van der Waals surface area contributed by atoms with Gasteiger partial charge in [0, 0.05) is 18.6 Å². The molecular formula is C22H21ClN2O4S. The van der Waals surface area contributed by atoms with E-state index in [1.165, 1.54) is 11.4 Å². The molecule has 0 atom stereocenters. The molecule has 8 heteroatoms. The quantitative estimate of drug-likeness (QED) is 0.572. The summed E-state index contributed by atoms with van der Waals surface area (Å²) < 4.78 is 32.0. The molecule has 0 aliphatic heterocycles. The number of carbonyl (C=O) groups excluding carboxylic acids is 1. The monoisotopic (exact) mass is 444 g/mol. The highest BCUT2D eigenvalue weighted by atomic mass is 35.5. The number of hydrogen-bond donors (Lipinski definition) is 1. The lowest BCUT2D eigenvalue weighted by Gasteiger charge is -2.19. The maximum atomic E-state index is 12.7. The topological polar surface area (TPSA) is 75.7 Å². The molecule has 3 aromatic rings. The third kappa shape index (κ3) is 5.52. The van der Waals surface area contributed by atoms with Gasteiger partial charge in [-0.25, -0.2) is 8.42 Å². The first-order chi connectivity index (χ1) is 14.4. The summed E-state index contributed by atoms with van der Waals surface area (Å²) in [6, 6.07) is 21.9. The zero-order chi connectivity index (χ0) is 21.6. The molecule has 0 saturated carbocycles. The number of nitrogens with zero attached hydrogens (tertiary/aromatic N) is 1. The first-order valence-electron chi connectivity index (χ1n) is 9.14. The van der Waals surface area contributed by atoms with Gasteiger partial charge in [0.2, 0.25) is 0 Å². The SMILES string of the molecule is CN(c1ccc(OCC(=O)NCc2ccc(Cl)cc2)cc1)S(=O)(=O)c1ccccc1. The van der Waals surface area contributed by atoms with E-state index in [1.807, 2.05) is 12.1 Å². The summed E-state index contributed by atoms with van der Waals surface area (Å²) in [6.07, 6.45) is 0. The van der Waals surface area contributed by atoms with Crippen molar-refractivity contribution in [1.29, 1.82) is 0 Å². The van der Waals surface area contributed by atoms with E-state index in [-0.39, 0.29) is 17.4 Å². The van der Waals surface area contributed by atoms with Gasteiger partial charge in [-0.3, -0.25) is 9.10 Å². The summed E-state index contributed by atoms with van der Waals surface area (Å²) in [5.74, 6) is 0.198. The molecule has 0 radical (unpaired) electrons. The highest BCUT2D eigenvalue weighted by Gasteiger charge is 2.20. The number of anilines is 1. The van der Waals surface area contributed by atoms with Crippen LogP contribution < -0.4 is 14.4 Å². The molecular weight excluding hydrogens is 424 g/mol. The smallest absolute Gasteiger partial charge is 0.264 e. The fraction of sp³-hybridized carbons (Fsp3) is 0.136. The maximum absolute atomic E-state index is 12.7. The largest absolute Gasteiger partial charge is 0.484 e. The normalized spacial score (nSPS) is 11.0. The predicted octanol–water partition coefficient (Wildman–Crippen LogP) is 3.86. The second kappa shape index (κ2) is 9.65. The second-order valence-corrected chi connectivity index (χ2v) is 8.88. The van der Waals surface area contributed by atoms with Crippen LogP contribution in [0.3, 0.4) is 0 Å². The van der Waals surface area contributed by atoms with Crippen LogP contribution in [-0.2, 0) is 21.4 Å². The minimum absolute atomic E-state index is 0.148. The van der Waals surface area contributed by atoms with Gasteiger partial charge in [0.1, 0.15) is 5.75 Å². The van der Waals surface area contributed by atoms with Crippen molar-refractivity contribution in [3.63, 3.8) is 0 Å². The fourth-order valence-corrected chi connectivity index (χ4v) is 3.99. The number of carbonyl (C=O) groups is 1. The van der Waals surface area contributed by atoms with Crippen LogP contribution in [0.4, 0.5) is 5.69 Å². The molecule has 1 N–H and O–H groups in total. The van der Waals surface area contributed by atoms with E-state index >= 15 is 0 Å². The van der Waals surface area contributed by atoms with Crippen LogP contribution in [0, 0.1) is 0 Å². The summed E-state index contributed by atoms with van der Waals surface area (Å²) >= 11 is 5.83. The molecule has 0 aromatic heterocycles. The van der Waals surface area contributed by atoms with Gasteiger partial charge in [0.05, 0.1) is 10.6 Å². The molecule has 30 heavy (non-hydrogen) atoms. The van der Waals surface area contributed by atoms with Crippen molar-refractivity contribution in [2.75, 3.05) is 18.0 Å². The van der Waals surface area contributed by atoms with Crippen molar-refractivity contribution in [3.8, 4) is 5.75 Å². The van der Waals surface area contributed by atoms with Gasteiger partial charge < -0.3 is 10.1 Å². The lowest BCUT2D eigenvalue weighted by Crippen LogP contribution is -2.28. The van der Waals surface area contributed by atoms with Crippen LogP contribution in [0.2, 0.25) is 5.02 Å². The standard InChI is InChI=1S/C22H21ClN2O4S/c1-25(30(27,28)21-5-3-2-4-6-21)19-11-13-20(14-12-19)29-16-22(26)24-15-17-7-9-18(23)10-8-17/h2-14H,15-16H2,1H3,(H,24,26). The van der Waals surface area contributed by atoms with Crippen molar-refractivity contribution in [2.24, 2.45) is 0 Å². The van der Waals surface area contributed by atoms with Gasteiger partial charge in [0.25, 0.3) is 15.9 Å². The van der Waals surface area contributed by atoms with Crippen molar-refractivity contribution in [3.05, 3.63) is 89.4 Å². The van der Waals surface area contributed by atoms with Crippen LogP contribution in [0.25, 0.3) is 0 Å². The van der Waals surface area contributed by atoms with Gasteiger partial charge in [-0.1, -0.05) is 41.9 Å². The van der Waals surface area contributed by atoms with Crippen molar-refractivity contribution in [2.45, 2.75) is 11.4 Å². The van der Waals surface area contributed by atoms with Crippen LogP contribution in [-0.4, -0.2) is 28.0 Å². The van der Waals surface area contributed by atoms with Gasteiger partial charge in [-0.15, -0.1) is 0 Å². The second-order valence-electron chi connectivity index (χ2n) is 6.47. The maximum Gasteiger partial charge on any atom is 0.264 e. The van der Waals surface area contributed by atoms with E-state index in [4.69, 9.17) is 16.3 Å². The third-order valence-electron chi connectivity index (χ3n) is 4.37. The molecule has 0 unspecified atom stereocenters. The van der Waals surface area contributed by atoms with Gasteiger partial charge >= 0.3 is 0 Å². The highest BCUT2D eigenvalue weighted by molar-refractivity contribution is 7.92. The Balaban J connectivity index is 1.54. The number of sulfonamides is 1. The summed E-state index contributed by atoms with van der Waals surface area (Å²) in [5.41, 5.74) is 1.41. The van der Waals surface area contributed by atoms with E-state index in [9.17, 15) is 13.2 Å². The Bertz CT molecular complexity index is 1090. The molecule has 0 aliphatic carbocycles. The van der Waals surface area contributed by atoms with E-state index < -0.39 is 10.0 Å². The average Bonchev–Trinajstić information content (AvgIpc) is 2.77. The molecule has 156 valence electrons. The molecule has 1 amide bonds. The van der Waals surface area contributed by atoms with Gasteiger partial charge in [-0.2, -0.15) is 0 Å². The molecule has 0 spiro atoms.